The van der Waals surface area contributed by atoms with E-state index in [0.29, 0.717) is 5.69 Å². The van der Waals surface area contributed by atoms with E-state index in [0.717, 1.165) is 0 Å². The second-order valence-electron chi connectivity index (χ2n) is 2.08. The van der Waals surface area contributed by atoms with Crippen LogP contribution in [0.4, 0.5) is 0 Å². The van der Waals surface area contributed by atoms with Crippen molar-refractivity contribution in [2.45, 2.75) is 0 Å². The lowest BCUT2D eigenvalue weighted by Crippen LogP contribution is -2.21. The van der Waals surface area contributed by atoms with Crippen LogP contribution in [0.25, 0.3) is 0 Å². The van der Waals surface area contributed by atoms with Crippen molar-refractivity contribution in [3.05, 3.63) is 17.1 Å². The van der Waals surface area contributed by atoms with Crippen LogP contribution >= 0.6 is 11.5 Å². The molecule has 0 aromatic carbocycles. The Morgan fingerprint density at radius 1 is 1.70 bits per heavy atom. The van der Waals surface area contributed by atoms with Gasteiger partial charge in [0.25, 0.3) is 5.91 Å². The minimum Gasteiger partial charge on any atom is -0.343 e. The van der Waals surface area contributed by atoms with Gasteiger partial charge >= 0.3 is 0 Å². The molecule has 0 saturated heterocycles. The molecule has 0 atom stereocenters. The summed E-state index contributed by atoms with van der Waals surface area (Å²) in [5.74, 6) is -0.0405. The number of rotatable bonds is 1. The molecule has 0 radical (unpaired) electrons. The Bertz CT molecular complexity index is 218. The molecule has 3 nitrogen and oxygen atoms in total. The number of carbonyl (C=O) groups excluding carboxylic acids is 1. The Hall–Kier alpha value is -0.900. The average molecular weight is 156 g/mol. The van der Waals surface area contributed by atoms with E-state index in [4.69, 9.17) is 0 Å². The van der Waals surface area contributed by atoms with Gasteiger partial charge in [0.05, 0.1) is 0 Å². The molecule has 4 heteroatoms. The van der Waals surface area contributed by atoms with E-state index in [1.807, 2.05) is 0 Å². The Labute approximate surface area is 63.4 Å². The largest absolute Gasteiger partial charge is 0.343 e. The lowest BCUT2D eigenvalue weighted by molar-refractivity contribution is 0.0823. The van der Waals surface area contributed by atoms with Crippen LogP contribution < -0.4 is 0 Å². The molecule has 1 aromatic heterocycles. The molecule has 0 aliphatic heterocycles. The zero-order valence-corrected chi connectivity index (χ0v) is 6.68. The molecular formula is C6H8N2OS. The first-order valence-corrected chi connectivity index (χ1v) is 3.67. The van der Waals surface area contributed by atoms with Crippen LogP contribution in [0.1, 0.15) is 10.5 Å². The number of hydrogen-bond donors (Lipinski definition) is 0. The first-order chi connectivity index (χ1) is 4.72. The number of amides is 1. The summed E-state index contributed by atoms with van der Waals surface area (Å²) in [4.78, 5) is 12.6. The molecule has 0 unspecified atom stereocenters. The van der Waals surface area contributed by atoms with Crippen molar-refractivity contribution < 1.29 is 4.79 Å². The van der Waals surface area contributed by atoms with Gasteiger partial charge in [-0.15, -0.1) is 0 Å². The molecule has 0 N–H and O–H groups in total. The smallest absolute Gasteiger partial charge is 0.273 e. The molecule has 0 aliphatic rings. The van der Waals surface area contributed by atoms with Crippen molar-refractivity contribution in [2.24, 2.45) is 0 Å². The van der Waals surface area contributed by atoms with Crippen LogP contribution in [0, 0.1) is 0 Å². The number of carbonyl (C=O) groups is 1. The summed E-state index contributed by atoms with van der Waals surface area (Å²) in [5.41, 5.74) is 0.523. The highest BCUT2D eigenvalue weighted by molar-refractivity contribution is 7.03. The Morgan fingerprint density at radius 2 is 2.40 bits per heavy atom. The van der Waals surface area contributed by atoms with Crippen molar-refractivity contribution in [1.29, 1.82) is 0 Å². The minimum atomic E-state index is -0.0405. The first-order valence-electron chi connectivity index (χ1n) is 2.84. The molecule has 1 heterocycles. The van der Waals surface area contributed by atoms with Crippen LogP contribution in [0.2, 0.25) is 0 Å². The zero-order valence-electron chi connectivity index (χ0n) is 5.87. The zero-order chi connectivity index (χ0) is 7.56. The van der Waals surface area contributed by atoms with Gasteiger partial charge in [0.1, 0.15) is 5.69 Å². The lowest BCUT2D eigenvalue weighted by Gasteiger charge is -2.05. The summed E-state index contributed by atoms with van der Waals surface area (Å²) < 4.78 is 3.89. The van der Waals surface area contributed by atoms with Crippen LogP contribution in [-0.4, -0.2) is 29.3 Å². The van der Waals surface area contributed by atoms with Gasteiger partial charge in [-0.1, -0.05) is 0 Å². The fraction of sp³-hybridized carbons (Fsp3) is 0.333. The Balaban J connectivity index is 2.78. The van der Waals surface area contributed by atoms with Crippen LogP contribution in [-0.2, 0) is 0 Å². The third-order valence-corrected chi connectivity index (χ3v) is 1.62. The van der Waals surface area contributed by atoms with Gasteiger partial charge in [-0.05, 0) is 17.6 Å². The van der Waals surface area contributed by atoms with Crippen molar-refractivity contribution >= 4 is 17.4 Å². The molecular weight excluding hydrogens is 148 g/mol. The lowest BCUT2D eigenvalue weighted by atomic mass is 10.4. The van der Waals surface area contributed by atoms with E-state index in [-0.39, 0.29) is 5.91 Å². The van der Waals surface area contributed by atoms with E-state index >= 15 is 0 Å². The summed E-state index contributed by atoms with van der Waals surface area (Å²) in [6.45, 7) is 0. The third kappa shape index (κ3) is 1.33. The molecule has 54 valence electrons. The molecule has 1 amide bonds. The summed E-state index contributed by atoms with van der Waals surface area (Å²) in [6.07, 6.45) is 0. The summed E-state index contributed by atoms with van der Waals surface area (Å²) in [5, 5.41) is 1.79. The number of hydrogen-bond acceptors (Lipinski definition) is 3. The van der Waals surface area contributed by atoms with Gasteiger partial charge in [-0.2, -0.15) is 4.37 Å². The van der Waals surface area contributed by atoms with E-state index in [2.05, 4.69) is 4.37 Å². The summed E-state index contributed by atoms with van der Waals surface area (Å²) in [7, 11) is 3.42. The Morgan fingerprint density at radius 3 is 2.80 bits per heavy atom. The van der Waals surface area contributed by atoms with Gasteiger partial charge in [0.2, 0.25) is 0 Å². The van der Waals surface area contributed by atoms with Crippen molar-refractivity contribution in [1.82, 2.24) is 9.27 Å². The van der Waals surface area contributed by atoms with E-state index in [9.17, 15) is 4.79 Å². The van der Waals surface area contributed by atoms with Crippen LogP contribution in [0.5, 0.6) is 0 Å². The monoisotopic (exact) mass is 156 g/mol. The minimum absolute atomic E-state index is 0.0405. The maximum absolute atomic E-state index is 11.1. The number of nitrogens with zero attached hydrogens (tertiary/aromatic N) is 2. The second kappa shape index (κ2) is 2.79. The highest BCUT2D eigenvalue weighted by atomic mass is 32.1. The fourth-order valence-corrected chi connectivity index (χ4v) is 1.06. The van der Waals surface area contributed by atoms with Crippen LogP contribution in [0.3, 0.4) is 0 Å². The van der Waals surface area contributed by atoms with E-state index in [1.165, 1.54) is 16.4 Å². The highest BCUT2D eigenvalue weighted by Gasteiger charge is 2.08. The predicted octanol–water partition coefficient (Wildman–Crippen LogP) is 0.845. The average Bonchev–Trinajstić information content (AvgIpc) is 2.36. The maximum Gasteiger partial charge on any atom is 0.273 e. The first kappa shape index (κ1) is 7.21. The molecule has 0 bridgehead atoms. The van der Waals surface area contributed by atoms with Crippen molar-refractivity contribution in [3.63, 3.8) is 0 Å². The topological polar surface area (TPSA) is 33.2 Å². The summed E-state index contributed by atoms with van der Waals surface area (Å²) in [6, 6.07) is 1.72. The van der Waals surface area contributed by atoms with Crippen molar-refractivity contribution in [2.75, 3.05) is 14.1 Å². The van der Waals surface area contributed by atoms with Gasteiger partial charge < -0.3 is 4.90 Å². The maximum atomic E-state index is 11.1. The molecule has 0 fully saturated rings. The van der Waals surface area contributed by atoms with E-state index < -0.39 is 0 Å². The summed E-state index contributed by atoms with van der Waals surface area (Å²) >= 11 is 1.29. The third-order valence-electron chi connectivity index (χ3n) is 1.06. The standard InChI is InChI=1S/C6H8N2OS/c1-8(2)6(9)5-3-4-10-7-5/h3-4H,1-2H3. The normalized spacial score (nSPS) is 9.40. The molecule has 0 aliphatic carbocycles. The van der Waals surface area contributed by atoms with Gasteiger partial charge in [-0.3, -0.25) is 4.79 Å². The molecule has 0 spiro atoms. The molecule has 0 saturated carbocycles. The molecule has 1 aromatic rings. The van der Waals surface area contributed by atoms with Gasteiger partial charge in [0, 0.05) is 19.5 Å². The van der Waals surface area contributed by atoms with Gasteiger partial charge in [0.15, 0.2) is 0 Å². The molecule has 10 heavy (non-hydrogen) atoms. The van der Waals surface area contributed by atoms with E-state index in [1.54, 1.807) is 25.5 Å². The van der Waals surface area contributed by atoms with Crippen molar-refractivity contribution in [3.8, 4) is 0 Å². The van der Waals surface area contributed by atoms with Crippen LogP contribution in [0.15, 0.2) is 11.4 Å². The number of aromatic nitrogens is 1. The van der Waals surface area contributed by atoms with Gasteiger partial charge in [-0.25, -0.2) is 0 Å². The molecule has 1 rings (SSSR count). The highest BCUT2D eigenvalue weighted by Crippen LogP contribution is 2.01. The second-order valence-corrected chi connectivity index (χ2v) is 2.75. The fourth-order valence-electron chi connectivity index (χ4n) is 0.552. The quantitative estimate of drug-likeness (QED) is 0.603. The predicted molar refractivity (Wildman–Crippen MR) is 40.1 cm³/mol. The Kier molecular flexibility index (Phi) is 2.01. The SMILES string of the molecule is CN(C)C(=O)c1ccsn1.